The minimum atomic E-state index is 0.818. The average molecular weight is 471 g/mol. The van der Waals surface area contributed by atoms with Gasteiger partial charge in [-0.15, -0.1) is 0 Å². The van der Waals surface area contributed by atoms with Gasteiger partial charge >= 0.3 is 0 Å². The highest BCUT2D eigenvalue weighted by molar-refractivity contribution is 5.52. The molecule has 2 saturated heterocycles. The fourth-order valence-corrected chi connectivity index (χ4v) is 5.37. The van der Waals surface area contributed by atoms with E-state index in [2.05, 4.69) is 69.3 Å². The van der Waals surface area contributed by atoms with E-state index in [0.29, 0.717) is 0 Å². The normalized spacial score (nSPS) is 16.4. The van der Waals surface area contributed by atoms with Gasteiger partial charge < -0.3 is 14.5 Å². The summed E-state index contributed by atoms with van der Waals surface area (Å²) >= 11 is 0. The lowest BCUT2D eigenvalue weighted by Gasteiger charge is -2.28. The second-order valence-corrected chi connectivity index (χ2v) is 9.91. The molecule has 0 N–H and O–H groups in total. The fraction of sp³-hybridized carbons (Fsp3) is 0.433. The molecule has 0 radical (unpaired) electrons. The molecule has 2 aliphatic rings. The molecule has 3 heterocycles. The highest BCUT2D eigenvalue weighted by Gasteiger charge is 2.16. The van der Waals surface area contributed by atoms with Gasteiger partial charge in [0.1, 0.15) is 5.75 Å². The zero-order chi connectivity index (χ0) is 23.9. The van der Waals surface area contributed by atoms with Crippen LogP contribution in [0.2, 0.25) is 0 Å². The zero-order valence-electron chi connectivity index (χ0n) is 21.0. The number of nitrogens with zero attached hydrogens (tertiary/aromatic N) is 4. The van der Waals surface area contributed by atoms with Crippen LogP contribution < -0.4 is 14.5 Å². The number of hydrogen-bond acceptors (Lipinski definition) is 5. The number of methoxy groups -OCH3 is 1. The highest BCUT2D eigenvalue weighted by atomic mass is 16.5. The summed E-state index contributed by atoms with van der Waals surface area (Å²) in [5.74, 6) is 0.902. The monoisotopic (exact) mass is 470 g/mol. The van der Waals surface area contributed by atoms with E-state index in [9.17, 15) is 0 Å². The number of hydrogen-bond donors (Lipinski definition) is 0. The first-order valence-corrected chi connectivity index (χ1v) is 13.2. The first-order chi connectivity index (χ1) is 17.3. The van der Waals surface area contributed by atoms with Crippen LogP contribution in [-0.4, -0.2) is 43.2 Å². The minimum Gasteiger partial charge on any atom is -0.497 e. The molecule has 0 spiro atoms. The van der Waals surface area contributed by atoms with Gasteiger partial charge in [-0.25, -0.2) is 0 Å². The van der Waals surface area contributed by atoms with Gasteiger partial charge in [0.25, 0.3) is 0 Å². The second-order valence-electron chi connectivity index (χ2n) is 9.91. The molecule has 2 aliphatic heterocycles. The largest absolute Gasteiger partial charge is 0.497 e. The highest BCUT2D eigenvalue weighted by Crippen LogP contribution is 2.26. The van der Waals surface area contributed by atoms with Gasteiger partial charge in [-0.2, -0.15) is 0 Å². The smallest absolute Gasteiger partial charge is 0.119 e. The topological polar surface area (TPSA) is 31.8 Å². The molecule has 184 valence electrons. The van der Waals surface area contributed by atoms with E-state index in [1.165, 1.54) is 80.8 Å². The van der Waals surface area contributed by atoms with Crippen LogP contribution in [0.1, 0.15) is 48.9 Å². The Labute approximate surface area is 210 Å². The van der Waals surface area contributed by atoms with Crippen LogP contribution in [0.5, 0.6) is 5.75 Å². The molecular formula is C30H38N4O. The molecule has 0 atom stereocenters. The van der Waals surface area contributed by atoms with Crippen molar-refractivity contribution >= 4 is 11.4 Å². The molecule has 0 aliphatic carbocycles. The average Bonchev–Trinajstić information content (AvgIpc) is 3.45. The first-order valence-electron chi connectivity index (χ1n) is 13.2. The number of ether oxygens (including phenoxy) is 1. The maximum absolute atomic E-state index is 5.50. The quantitative estimate of drug-likeness (QED) is 0.390. The van der Waals surface area contributed by atoms with Crippen LogP contribution in [0.4, 0.5) is 11.4 Å². The van der Waals surface area contributed by atoms with E-state index in [4.69, 9.17) is 9.72 Å². The Morgan fingerprint density at radius 1 is 0.800 bits per heavy atom. The molecule has 0 amide bonds. The molecule has 0 unspecified atom stereocenters. The summed E-state index contributed by atoms with van der Waals surface area (Å²) in [5.41, 5.74) is 6.32. The lowest BCUT2D eigenvalue weighted by molar-refractivity contribution is 0.218. The van der Waals surface area contributed by atoms with E-state index in [-0.39, 0.29) is 0 Å². The summed E-state index contributed by atoms with van der Waals surface area (Å²) in [6.45, 7) is 7.31. The standard InChI is InChI=1S/C30H38N4O/c1-35-30-12-8-10-26(20-30)23-34(22-25-9-7-11-28(19-25)33-17-5-6-18-33)29-13-14-31-27(21-29)24-32-15-3-2-4-16-32/h7-14,19-21H,2-6,15-18,22-24H2,1H3. The van der Waals surface area contributed by atoms with Gasteiger partial charge in [-0.05, 0) is 86.3 Å². The molecule has 1 aromatic heterocycles. The number of benzene rings is 2. The number of likely N-dealkylation sites (tertiary alicyclic amines) is 1. The number of aromatic nitrogens is 1. The van der Waals surface area contributed by atoms with Crippen molar-refractivity contribution in [1.82, 2.24) is 9.88 Å². The van der Waals surface area contributed by atoms with Gasteiger partial charge in [0.15, 0.2) is 0 Å². The van der Waals surface area contributed by atoms with E-state index in [1.54, 1.807) is 7.11 Å². The summed E-state index contributed by atoms with van der Waals surface area (Å²) < 4.78 is 5.50. The van der Waals surface area contributed by atoms with Gasteiger partial charge in [0.05, 0.1) is 12.8 Å². The number of piperidine rings is 1. The molecule has 3 aromatic rings. The Kier molecular flexibility index (Phi) is 7.84. The van der Waals surface area contributed by atoms with Crippen LogP contribution in [-0.2, 0) is 19.6 Å². The van der Waals surface area contributed by atoms with Crippen LogP contribution >= 0.6 is 0 Å². The van der Waals surface area contributed by atoms with Crippen molar-refractivity contribution in [2.24, 2.45) is 0 Å². The summed E-state index contributed by atoms with van der Waals surface area (Å²) in [6.07, 6.45) is 8.53. The summed E-state index contributed by atoms with van der Waals surface area (Å²) in [6, 6.07) is 22.0. The number of pyridine rings is 1. The Morgan fingerprint density at radius 3 is 2.29 bits per heavy atom. The van der Waals surface area contributed by atoms with Gasteiger partial charge in [-0.3, -0.25) is 9.88 Å². The van der Waals surface area contributed by atoms with Crippen molar-refractivity contribution in [1.29, 1.82) is 0 Å². The second kappa shape index (κ2) is 11.6. The Hall–Kier alpha value is -3.05. The van der Waals surface area contributed by atoms with Gasteiger partial charge in [0, 0.05) is 50.3 Å². The van der Waals surface area contributed by atoms with Crippen molar-refractivity contribution in [2.45, 2.75) is 51.7 Å². The Bertz CT molecular complexity index is 1090. The SMILES string of the molecule is COc1cccc(CN(Cc2cccc(N3CCCC3)c2)c2ccnc(CN3CCCCC3)c2)c1. The summed E-state index contributed by atoms with van der Waals surface area (Å²) in [4.78, 5) is 12.3. The maximum Gasteiger partial charge on any atom is 0.119 e. The van der Waals surface area contributed by atoms with Crippen LogP contribution in [0.3, 0.4) is 0 Å². The number of anilines is 2. The third-order valence-electron chi connectivity index (χ3n) is 7.26. The maximum atomic E-state index is 5.50. The molecule has 5 heteroatoms. The van der Waals surface area contributed by atoms with Gasteiger partial charge in [-0.1, -0.05) is 30.7 Å². The predicted molar refractivity (Wildman–Crippen MR) is 144 cm³/mol. The molecule has 2 aromatic carbocycles. The van der Waals surface area contributed by atoms with Crippen molar-refractivity contribution in [2.75, 3.05) is 43.1 Å². The van der Waals surface area contributed by atoms with Gasteiger partial charge in [0.2, 0.25) is 0 Å². The Balaban J connectivity index is 1.40. The molecule has 0 bridgehead atoms. The molecular weight excluding hydrogens is 432 g/mol. The third kappa shape index (κ3) is 6.34. The lowest BCUT2D eigenvalue weighted by Crippen LogP contribution is -2.29. The van der Waals surface area contributed by atoms with E-state index in [0.717, 1.165) is 31.1 Å². The van der Waals surface area contributed by atoms with E-state index in [1.807, 2.05) is 12.3 Å². The molecule has 35 heavy (non-hydrogen) atoms. The summed E-state index contributed by atoms with van der Waals surface area (Å²) in [5, 5.41) is 0. The van der Waals surface area contributed by atoms with Crippen LogP contribution in [0.25, 0.3) is 0 Å². The first kappa shape index (κ1) is 23.7. The summed E-state index contributed by atoms with van der Waals surface area (Å²) in [7, 11) is 1.73. The third-order valence-corrected chi connectivity index (χ3v) is 7.26. The van der Waals surface area contributed by atoms with Crippen molar-refractivity contribution < 1.29 is 4.74 Å². The van der Waals surface area contributed by atoms with E-state index < -0.39 is 0 Å². The Morgan fingerprint density at radius 2 is 1.51 bits per heavy atom. The predicted octanol–water partition coefficient (Wildman–Crippen LogP) is 5.88. The lowest BCUT2D eigenvalue weighted by atomic mass is 10.1. The van der Waals surface area contributed by atoms with Crippen molar-refractivity contribution in [3.63, 3.8) is 0 Å². The molecule has 0 saturated carbocycles. The number of rotatable bonds is 9. The molecule has 5 rings (SSSR count). The molecule has 5 nitrogen and oxygen atoms in total. The zero-order valence-corrected chi connectivity index (χ0v) is 21.0. The van der Waals surface area contributed by atoms with Crippen molar-refractivity contribution in [3.8, 4) is 5.75 Å². The van der Waals surface area contributed by atoms with E-state index >= 15 is 0 Å². The minimum absolute atomic E-state index is 0.818. The van der Waals surface area contributed by atoms with Crippen LogP contribution in [0, 0.1) is 0 Å². The van der Waals surface area contributed by atoms with Crippen molar-refractivity contribution in [3.05, 3.63) is 83.7 Å². The molecule has 2 fully saturated rings. The van der Waals surface area contributed by atoms with Crippen LogP contribution in [0.15, 0.2) is 66.9 Å². The fourth-order valence-electron chi connectivity index (χ4n) is 5.37.